The van der Waals surface area contributed by atoms with Gasteiger partial charge < -0.3 is 15.0 Å². The summed E-state index contributed by atoms with van der Waals surface area (Å²) in [5, 5.41) is 3.29. The maximum atomic E-state index is 11.8. The molecule has 0 radical (unpaired) electrons. The zero-order valence-corrected chi connectivity index (χ0v) is 12.5. The summed E-state index contributed by atoms with van der Waals surface area (Å²) >= 11 is 0. The van der Waals surface area contributed by atoms with Gasteiger partial charge in [-0.2, -0.15) is 0 Å². The van der Waals surface area contributed by atoms with E-state index in [-0.39, 0.29) is 5.91 Å². The van der Waals surface area contributed by atoms with Gasteiger partial charge in [0.05, 0.1) is 5.39 Å². The first-order valence-corrected chi connectivity index (χ1v) is 6.47. The van der Waals surface area contributed by atoms with E-state index in [2.05, 4.69) is 5.32 Å². The van der Waals surface area contributed by atoms with E-state index in [9.17, 15) is 9.59 Å². The Bertz CT molecular complexity index is 711. The molecule has 0 unspecified atom stereocenters. The lowest BCUT2D eigenvalue weighted by molar-refractivity contribution is -0.645. The van der Waals surface area contributed by atoms with E-state index in [4.69, 9.17) is 4.74 Å². The number of aryl methyl sites for hydroxylation is 1. The highest BCUT2D eigenvalue weighted by Gasteiger charge is 2.17. The van der Waals surface area contributed by atoms with E-state index < -0.39 is 6.09 Å². The van der Waals surface area contributed by atoms with E-state index in [1.54, 1.807) is 45.5 Å². The van der Waals surface area contributed by atoms with Crippen molar-refractivity contribution in [3.8, 4) is 5.75 Å². The van der Waals surface area contributed by atoms with Gasteiger partial charge in [-0.05, 0) is 12.1 Å². The number of benzene rings is 1. The number of hydrogen-bond acceptors (Lipinski definition) is 3. The molecular formula is C15H18N3O3+. The molecule has 0 fully saturated rings. The highest BCUT2D eigenvalue weighted by atomic mass is 16.6. The topological polar surface area (TPSA) is 62.5 Å². The fourth-order valence-electron chi connectivity index (χ4n) is 2.00. The Balaban J connectivity index is 2.58. The minimum Gasteiger partial charge on any atom is -0.409 e. The number of amides is 2. The smallest absolute Gasteiger partial charge is 0.409 e. The Morgan fingerprint density at radius 2 is 2.00 bits per heavy atom. The molecule has 0 aliphatic rings. The number of nitrogens with zero attached hydrogens (tertiary/aromatic N) is 2. The van der Waals surface area contributed by atoms with E-state index in [0.717, 1.165) is 5.52 Å². The first kappa shape index (κ1) is 14.8. The third-order valence-corrected chi connectivity index (χ3v) is 3.11. The van der Waals surface area contributed by atoms with Gasteiger partial charge in [0, 0.05) is 27.2 Å². The van der Waals surface area contributed by atoms with Crippen LogP contribution in [0.4, 0.5) is 4.79 Å². The number of ether oxygens (including phenoxy) is 1. The molecule has 0 aliphatic heterocycles. The maximum Gasteiger partial charge on any atom is 0.414 e. The third kappa shape index (κ3) is 2.94. The lowest BCUT2D eigenvalue weighted by Gasteiger charge is -2.12. The van der Waals surface area contributed by atoms with Crippen molar-refractivity contribution in [3.05, 3.63) is 36.0 Å². The van der Waals surface area contributed by atoms with Crippen molar-refractivity contribution in [1.82, 2.24) is 10.2 Å². The van der Waals surface area contributed by atoms with Crippen molar-refractivity contribution >= 4 is 22.9 Å². The second-order valence-electron chi connectivity index (χ2n) is 4.87. The minimum absolute atomic E-state index is 0.193. The highest BCUT2D eigenvalue weighted by Crippen LogP contribution is 2.24. The van der Waals surface area contributed by atoms with E-state index in [0.29, 0.717) is 16.7 Å². The summed E-state index contributed by atoms with van der Waals surface area (Å²) in [5.74, 6) is 0.230. The second-order valence-corrected chi connectivity index (χ2v) is 4.87. The van der Waals surface area contributed by atoms with E-state index >= 15 is 0 Å². The van der Waals surface area contributed by atoms with Crippen LogP contribution in [-0.4, -0.2) is 38.0 Å². The summed E-state index contributed by atoms with van der Waals surface area (Å²) in [6.45, 7) is 0. The first-order chi connectivity index (χ1) is 9.93. The average molecular weight is 288 g/mol. The van der Waals surface area contributed by atoms with Crippen molar-refractivity contribution in [2.75, 3.05) is 21.1 Å². The van der Waals surface area contributed by atoms with Crippen molar-refractivity contribution in [1.29, 1.82) is 0 Å². The summed E-state index contributed by atoms with van der Waals surface area (Å²) in [6.07, 6.45) is 1.27. The molecule has 0 saturated carbocycles. The zero-order chi connectivity index (χ0) is 15.6. The summed E-state index contributed by atoms with van der Waals surface area (Å²) < 4.78 is 7.18. The number of carbonyl (C=O) groups excluding carboxylic acids is 2. The third-order valence-electron chi connectivity index (χ3n) is 3.11. The largest absolute Gasteiger partial charge is 0.414 e. The van der Waals surface area contributed by atoms with Crippen LogP contribution in [0.15, 0.2) is 30.5 Å². The standard InChI is InChI=1S/C15H17N3O3/c1-16-14(19)10-8-11-12(18(4)9-10)6-5-7-13(11)21-15(20)17(2)3/h5-9H,1-4H3/p+1. The number of aromatic nitrogens is 1. The first-order valence-electron chi connectivity index (χ1n) is 6.47. The number of carbonyl (C=O) groups is 2. The maximum absolute atomic E-state index is 11.8. The fraction of sp³-hybridized carbons (Fsp3) is 0.267. The van der Waals surface area contributed by atoms with Gasteiger partial charge in [0.1, 0.15) is 18.4 Å². The Labute approximate surface area is 122 Å². The Morgan fingerprint density at radius 3 is 2.62 bits per heavy atom. The van der Waals surface area contributed by atoms with Gasteiger partial charge in [0.2, 0.25) is 5.52 Å². The molecule has 1 aromatic carbocycles. The van der Waals surface area contributed by atoms with Gasteiger partial charge in [-0.25, -0.2) is 9.36 Å². The number of pyridine rings is 1. The highest BCUT2D eigenvalue weighted by molar-refractivity contribution is 5.97. The number of hydrogen-bond donors (Lipinski definition) is 1. The lowest BCUT2D eigenvalue weighted by Crippen LogP contribution is -2.32. The predicted molar refractivity (Wildman–Crippen MR) is 78.2 cm³/mol. The molecule has 0 spiro atoms. The molecule has 0 saturated heterocycles. The second kappa shape index (κ2) is 5.78. The Kier molecular flexibility index (Phi) is 4.07. The van der Waals surface area contributed by atoms with Crippen molar-refractivity contribution in [3.63, 3.8) is 0 Å². The molecule has 2 rings (SSSR count). The molecule has 6 nitrogen and oxygen atoms in total. The molecule has 2 aromatic rings. The number of fused-ring (bicyclic) bond motifs is 1. The molecule has 110 valence electrons. The summed E-state index contributed by atoms with van der Waals surface area (Å²) in [4.78, 5) is 24.9. The monoisotopic (exact) mass is 288 g/mol. The van der Waals surface area contributed by atoms with E-state index in [1.165, 1.54) is 4.90 Å². The quantitative estimate of drug-likeness (QED) is 0.841. The van der Waals surface area contributed by atoms with Crippen LogP contribution < -0.4 is 14.6 Å². The Morgan fingerprint density at radius 1 is 1.29 bits per heavy atom. The van der Waals surface area contributed by atoms with Crippen molar-refractivity contribution < 1.29 is 18.9 Å². The molecular weight excluding hydrogens is 270 g/mol. The van der Waals surface area contributed by atoms with Gasteiger partial charge in [0.15, 0.2) is 6.20 Å². The van der Waals surface area contributed by atoms with E-state index in [1.807, 2.05) is 17.7 Å². The number of nitrogens with one attached hydrogen (secondary N) is 1. The van der Waals surface area contributed by atoms with Crippen molar-refractivity contribution in [2.45, 2.75) is 0 Å². The average Bonchev–Trinajstić information content (AvgIpc) is 2.46. The molecule has 0 atom stereocenters. The predicted octanol–water partition coefficient (Wildman–Crippen LogP) is 1.08. The van der Waals surface area contributed by atoms with Crippen LogP contribution in [0, 0.1) is 0 Å². The SMILES string of the molecule is CNC(=O)c1cc2c(OC(=O)N(C)C)cccc2[n+](C)c1. The molecule has 1 N–H and O–H groups in total. The molecule has 21 heavy (non-hydrogen) atoms. The molecule has 1 heterocycles. The van der Waals surface area contributed by atoms with Crippen LogP contribution in [0.3, 0.4) is 0 Å². The summed E-state index contributed by atoms with van der Waals surface area (Å²) in [7, 11) is 6.64. The number of rotatable bonds is 2. The van der Waals surface area contributed by atoms with Crippen LogP contribution in [0.1, 0.15) is 10.4 Å². The molecule has 0 aliphatic carbocycles. The van der Waals surface area contributed by atoms with Crippen LogP contribution >= 0.6 is 0 Å². The van der Waals surface area contributed by atoms with Gasteiger partial charge in [-0.15, -0.1) is 0 Å². The van der Waals surface area contributed by atoms with Gasteiger partial charge >= 0.3 is 6.09 Å². The summed E-state index contributed by atoms with van der Waals surface area (Å²) in [5.41, 5.74) is 1.37. The fourth-order valence-corrected chi connectivity index (χ4v) is 2.00. The molecule has 0 bridgehead atoms. The zero-order valence-electron chi connectivity index (χ0n) is 12.5. The minimum atomic E-state index is -0.463. The van der Waals surface area contributed by atoms with Crippen LogP contribution in [0.2, 0.25) is 0 Å². The lowest BCUT2D eigenvalue weighted by atomic mass is 10.1. The normalized spacial score (nSPS) is 10.3. The van der Waals surface area contributed by atoms with Gasteiger partial charge in [-0.3, -0.25) is 4.79 Å². The molecule has 2 amide bonds. The van der Waals surface area contributed by atoms with Crippen LogP contribution in [-0.2, 0) is 7.05 Å². The molecule has 6 heteroatoms. The van der Waals surface area contributed by atoms with Crippen molar-refractivity contribution in [2.24, 2.45) is 7.05 Å². The van der Waals surface area contributed by atoms with Gasteiger partial charge in [0.25, 0.3) is 5.91 Å². The van der Waals surface area contributed by atoms with Crippen LogP contribution in [0.5, 0.6) is 5.75 Å². The Hall–Kier alpha value is -2.63. The van der Waals surface area contributed by atoms with Gasteiger partial charge in [-0.1, -0.05) is 6.07 Å². The van der Waals surface area contributed by atoms with Crippen LogP contribution in [0.25, 0.3) is 10.9 Å². The molecule has 1 aromatic heterocycles. The summed E-state index contributed by atoms with van der Waals surface area (Å²) in [6, 6.07) is 7.12.